The highest BCUT2D eigenvalue weighted by atomic mass is 16.7. The van der Waals surface area contributed by atoms with Gasteiger partial charge in [0.2, 0.25) is 11.7 Å². The van der Waals surface area contributed by atoms with E-state index in [1.54, 1.807) is 43.5 Å². The number of aliphatic hydroxyl groups excluding tert-OH is 3. The van der Waals surface area contributed by atoms with Crippen LogP contribution in [0.25, 0.3) is 0 Å². The van der Waals surface area contributed by atoms with Crippen molar-refractivity contribution < 1.29 is 58.2 Å². The van der Waals surface area contributed by atoms with Gasteiger partial charge in [0.1, 0.15) is 36.1 Å². The van der Waals surface area contributed by atoms with Gasteiger partial charge in [-0.05, 0) is 85.8 Å². The summed E-state index contributed by atoms with van der Waals surface area (Å²) >= 11 is 0. The van der Waals surface area contributed by atoms with Crippen molar-refractivity contribution in [3.05, 3.63) is 66.3 Å². The van der Waals surface area contributed by atoms with E-state index >= 15 is 0 Å². The average Bonchev–Trinajstić information content (AvgIpc) is 3.83. The number of amides is 2. The Balaban J connectivity index is 1.49. The van der Waals surface area contributed by atoms with Crippen molar-refractivity contribution in [2.24, 2.45) is 28.8 Å². The molecule has 2 aromatic carbocycles. The van der Waals surface area contributed by atoms with Gasteiger partial charge < -0.3 is 53.5 Å². The minimum Gasteiger partial charge on any atom is -0.497 e. The number of unbranched alkanes of at least 4 members (excludes halogenated alkanes) is 2. The van der Waals surface area contributed by atoms with Gasteiger partial charge in [-0.15, -0.1) is 6.58 Å². The van der Waals surface area contributed by atoms with Gasteiger partial charge in [0, 0.05) is 50.1 Å². The largest absolute Gasteiger partial charge is 0.497 e. The fourth-order valence-electron chi connectivity index (χ4n) is 10.5. The van der Waals surface area contributed by atoms with Crippen molar-refractivity contribution >= 4 is 23.4 Å². The van der Waals surface area contributed by atoms with Crippen molar-refractivity contribution in [3.8, 4) is 23.0 Å². The van der Waals surface area contributed by atoms with Crippen LogP contribution in [0.5, 0.6) is 23.0 Å². The van der Waals surface area contributed by atoms with Gasteiger partial charge in [0.15, 0.2) is 0 Å². The van der Waals surface area contributed by atoms with Crippen molar-refractivity contribution in [3.63, 3.8) is 0 Å². The first-order valence-electron chi connectivity index (χ1n) is 23.1. The maximum Gasteiger partial charge on any atom is 0.417 e. The average molecular weight is 892 g/mol. The molecule has 2 amide bonds. The van der Waals surface area contributed by atoms with Crippen LogP contribution < -0.4 is 24.3 Å². The smallest absolute Gasteiger partial charge is 0.417 e. The molecule has 0 aromatic heterocycles. The molecule has 3 aliphatic carbocycles. The van der Waals surface area contributed by atoms with Crippen LogP contribution in [-0.4, -0.2) is 117 Å². The molecule has 0 radical (unpaired) electrons. The molecule has 1 aliphatic heterocycles. The summed E-state index contributed by atoms with van der Waals surface area (Å²) in [7, 11) is 4.57. The number of rotatable bonds is 25. The highest BCUT2D eigenvalue weighted by molar-refractivity contribution is 6.03. The predicted octanol–water partition coefficient (Wildman–Crippen LogP) is 7.39. The van der Waals surface area contributed by atoms with Crippen LogP contribution in [-0.2, 0) is 19.1 Å². The number of aliphatic hydroxyl groups is 3. The minimum atomic E-state index is -1.44. The Morgan fingerprint density at radius 2 is 1.70 bits per heavy atom. The van der Waals surface area contributed by atoms with Crippen molar-refractivity contribution in [1.29, 1.82) is 0 Å². The zero-order valence-electron chi connectivity index (χ0n) is 37.8. The zero-order chi connectivity index (χ0) is 45.5. The van der Waals surface area contributed by atoms with Crippen LogP contribution in [0, 0.1) is 23.7 Å². The third-order valence-electron chi connectivity index (χ3n) is 13.4. The van der Waals surface area contributed by atoms with E-state index in [1.165, 1.54) is 27.1 Å². The van der Waals surface area contributed by atoms with E-state index in [0.717, 1.165) is 56.1 Å². The molecule has 0 spiro atoms. The highest BCUT2D eigenvalue weighted by Crippen LogP contribution is 2.62. The van der Waals surface area contributed by atoms with E-state index in [2.05, 4.69) is 23.1 Å². The summed E-state index contributed by atoms with van der Waals surface area (Å²) in [6.45, 7) is 4.68. The summed E-state index contributed by atoms with van der Waals surface area (Å²) in [5, 5.41) is 36.9. The molecule has 352 valence electrons. The first-order valence-corrected chi connectivity index (χ1v) is 23.1. The van der Waals surface area contributed by atoms with Gasteiger partial charge in [-0.1, -0.05) is 55.8 Å². The number of methoxy groups -OCH3 is 2. The maximum absolute atomic E-state index is 14.8. The summed E-state index contributed by atoms with van der Waals surface area (Å²) in [5.74, 6) is -0.0492. The summed E-state index contributed by atoms with van der Waals surface area (Å²) in [6.07, 6.45) is 13.6. The number of hydrogen-bond acceptors (Lipinski definition) is 13. The van der Waals surface area contributed by atoms with E-state index in [-0.39, 0.29) is 82.0 Å². The minimum absolute atomic E-state index is 0.0228. The molecule has 6 rings (SSSR count). The number of carbonyl (C=O) groups excluding carboxylic acids is 2. The Bertz CT molecular complexity index is 1920. The monoisotopic (exact) mass is 891 g/mol. The molecule has 0 saturated heterocycles. The number of oxime groups is 1. The van der Waals surface area contributed by atoms with Gasteiger partial charge in [-0.25, -0.2) is 4.79 Å². The van der Waals surface area contributed by atoms with Crippen LogP contribution in [0.2, 0.25) is 0 Å². The van der Waals surface area contributed by atoms with Crippen molar-refractivity contribution in [1.82, 2.24) is 4.90 Å². The number of ether oxygens (including phenoxy) is 6. The molecule has 15 heteroatoms. The molecule has 64 heavy (non-hydrogen) atoms. The number of hydrogen-bond donors (Lipinski definition) is 4. The lowest BCUT2D eigenvalue weighted by molar-refractivity contribution is -0.258. The van der Waals surface area contributed by atoms with E-state index in [1.807, 2.05) is 11.0 Å². The molecule has 1 heterocycles. The summed E-state index contributed by atoms with van der Waals surface area (Å²) in [4.78, 5) is 35.8. The van der Waals surface area contributed by atoms with Gasteiger partial charge in [-0.2, -0.15) is 0 Å². The molecule has 2 saturated carbocycles. The first kappa shape index (κ1) is 48.8. The Kier molecular flexibility index (Phi) is 18.3. The summed E-state index contributed by atoms with van der Waals surface area (Å²) in [6, 6.07) is 9.70. The molecule has 4 aliphatic rings. The molecule has 2 fully saturated rings. The highest BCUT2D eigenvalue weighted by Gasteiger charge is 2.65. The fraction of sp³-hybridized carbons (Fsp3) is 0.612. The number of fused-ring (bicyclic) bond motifs is 2. The maximum atomic E-state index is 14.8. The van der Waals surface area contributed by atoms with Crippen LogP contribution in [0.4, 0.5) is 10.5 Å². The van der Waals surface area contributed by atoms with Gasteiger partial charge >= 0.3 is 6.09 Å². The van der Waals surface area contributed by atoms with Crippen molar-refractivity contribution in [2.45, 2.75) is 101 Å². The Morgan fingerprint density at radius 1 is 0.938 bits per heavy atom. The van der Waals surface area contributed by atoms with E-state index in [0.29, 0.717) is 53.8 Å². The summed E-state index contributed by atoms with van der Waals surface area (Å²) in [5.41, 5.74) is 2.79. The van der Waals surface area contributed by atoms with Gasteiger partial charge in [0.25, 0.3) is 0 Å². The van der Waals surface area contributed by atoms with Crippen LogP contribution in [0.3, 0.4) is 0 Å². The van der Waals surface area contributed by atoms with Gasteiger partial charge in [-0.3, -0.25) is 10.1 Å². The normalized spacial score (nSPS) is 24.2. The third kappa shape index (κ3) is 11.4. The van der Waals surface area contributed by atoms with Crippen molar-refractivity contribution in [2.75, 3.05) is 72.8 Å². The SMILES string of the molecule is C=CCOC12Oc3ccc(OC(=O)Nc4ccc(OC)cc4OC)cc3C3C(CCCCO)C(CCCCO)C=C(C(=NOC)CC1N(CCOCCO)C(=O)CCC1CCCC1)C32. The van der Waals surface area contributed by atoms with E-state index < -0.39 is 23.8 Å². The third-order valence-corrected chi connectivity index (χ3v) is 13.4. The standard InChI is InChI=1S/C49H69N3O12/c1-5-26-62-49-44(52(22-27-61-28-25-55)45(56)21-16-33-12-6-7-13-33)32-41(51-60-4)38-29-34(14-8-10-23-53)37(15-9-11-24-54)46(47(38)49)39-30-36(18-20-42(39)64-49)63-48(57)50-40-19-17-35(58-2)31-43(40)59-3/h5,17-20,29-31,33-34,37,44,46-47,53-55H,1,6-16,21-28,32H2,2-4H3,(H,50,57). The number of benzene rings is 2. The summed E-state index contributed by atoms with van der Waals surface area (Å²) < 4.78 is 37.0. The molecular weight excluding hydrogens is 823 g/mol. The van der Waals surface area contributed by atoms with Gasteiger partial charge in [0.05, 0.1) is 58.0 Å². The fourth-order valence-corrected chi connectivity index (χ4v) is 10.5. The molecule has 0 bridgehead atoms. The van der Waals surface area contributed by atoms with Crippen LogP contribution in [0.1, 0.15) is 95.0 Å². The molecular formula is C49H69N3O12. The second-order valence-electron chi connectivity index (χ2n) is 17.1. The molecule has 6 unspecified atom stereocenters. The first-order chi connectivity index (χ1) is 31.2. The molecule has 4 N–H and O–H groups in total. The van der Waals surface area contributed by atoms with Crippen LogP contribution >= 0.6 is 0 Å². The van der Waals surface area contributed by atoms with E-state index in [4.69, 9.17) is 33.3 Å². The number of anilines is 1. The lowest BCUT2D eigenvalue weighted by Crippen LogP contribution is -2.70. The van der Waals surface area contributed by atoms with E-state index in [9.17, 15) is 24.9 Å². The number of carbonyl (C=O) groups is 2. The topological polar surface area (TPSA) is 187 Å². The lowest BCUT2D eigenvalue weighted by atomic mass is 9.55. The number of nitrogens with one attached hydrogen (secondary N) is 1. The number of nitrogens with zero attached hydrogens (tertiary/aromatic N) is 2. The Morgan fingerprint density at radius 3 is 2.41 bits per heavy atom. The quantitative estimate of drug-likeness (QED) is 0.0441. The number of allylic oxidation sites excluding steroid dienone is 1. The molecule has 6 atom stereocenters. The second kappa shape index (κ2) is 24.0. The Labute approximate surface area is 377 Å². The zero-order valence-corrected chi connectivity index (χ0v) is 37.8. The molecule has 15 nitrogen and oxygen atoms in total. The second-order valence-corrected chi connectivity index (χ2v) is 17.1. The van der Waals surface area contributed by atoms with Crippen LogP contribution in [0.15, 0.2) is 65.9 Å². The molecule has 2 aromatic rings. The lowest BCUT2D eigenvalue weighted by Gasteiger charge is -2.60. The Hall–Kier alpha value is -4.67. The predicted molar refractivity (Wildman–Crippen MR) is 242 cm³/mol.